The standard InChI is InChI=1S/C22H19NO2S2/c24-19(21-9-8-20(27-21)17-10-11-26-14-17)13-23-22(25)12-16-6-3-5-15-4-1-2-7-18(15)16/h1-11,14,19,24H,12-13H2,(H,23,25). The molecule has 0 aliphatic carbocycles. The average molecular weight is 394 g/mol. The monoisotopic (exact) mass is 393 g/mol. The van der Waals surface area contributed by atoms with E-state index in [0.717, 1.165) is 26.1 Å². The molecule has 0 aliphatic rings. The van der Waals surface area contributed by atoms with Crippen LogP contribution in [0.2, 0.25) is 0 Å². The predicted molar refractivity (Wildman–Crippen MR) is 113 cm³/mol. The molecule has 27 heavy (non-hydrogen) atoms. The Bertz CT molecular complexity index is 1050. The Kier molecular flexibility index (Phi) is 5.34. The van der Waals surface area contributed by atoms with E-state index in [1.165, 1.54) is 5.56 Å². The van der Waals surface area contributed by atoms with Gasteiger partial charge in [-0.2, -0.15) is 11.3 Å². The molecule has 3 nitrogen and oxygen atoms in total. The number of carbonyl (C=O) groups is 1. The highest BCUT2D eigenvalue weighted by Crippen LogP contribution is 2.32. The van der Waals surface area contributed by atoms with Crippen LogP contribution in [-0.4, -0.2) is 17.6 Å². The second-order valence-corrected chi connectivity index (χ2v) is 8.24. The van der Waals surface area contributed by atoms with Gasteiger partial charge in [-0.1, -0.05) is 42.5 Å². The Labute approximate surface area is 165 Å². The van der Waals surface area contributed by atoms with Crippen molar-refractivity contribution < 1.29 is 9.90 Å². The number of nitrogens with one attached hydrogen (secondary N) is 1. The normalized spacial score (nSPS) is 12.2. The molecule has 2 N–H and O–H groups in total. The molecule has 0 fully saturated rings. The van der Waals surface area contributed by atoms with E-state index >= 15 is 0 Å². The van der Waals surface area contributed by atoms with Crippen LogP contribution < -0.4 is 5.32 Å². The Hall–Kier alpha value is -2.47. The molecule has 0 aliphatic heterocycles. The van der Waals surface area contributed by atoms with E-state index in [9.17, 15) is 9.90 Å². The van der Waals surface area contributed by atoms with Gasteiger partial charge >= 0.3 is 0 Å². The molecule has 5 heteroatoms. The van der Waals surface area contributed by atoms with Gasteiger partial charge in [-0.15, -0.1) is 11.3 Å². The van der Waals surface area contributed by atoms with E-state index in [2.05, 4.69) is 16.8 Å². The number of rotatable bonds is 6. The zero-order chi connectivity index (χ0) is 18.6. The van der Waals surface area contributed by atoms with Crippen LogP contribution in [0.3, 0.4) is 0 Å². The lowest BCUT2D eigenvalue weighted by Gasteiger charge is -2.11. The molecule has 0 radical (unpaired) electrons. The summed E-state index contributed by atoms with van der Waals surface area (Å²) in [5.74, 6) is -0.0833. The van der Waals surface area contributed by atoms with E-state index in [1.807, 2.05) is 60.0 Å². The first-order valence-corrected chi connectivity index (χ1v) is 10.5. The van der Waals surface area contributed by atoms with Crippen LogP contribution in [0, 0.1) is 0 Å². The number of aliphatic hydroxyl groups is 1. The van der Waals surface area contributed by atoms with Crippen molar-refractivity contribution >= 4 is 39.4 Å². The molecule has 1 amide bonds. The summed E-state index contributed by atoms with van der Waals surface area (Å²) >= 11 is 3.22. The number of carbonyl (C=O) groups excluding carboxylic acids is 1. The van der Waals surface area contributed by atoms with Crippen molar-refractivity contribution in [3.8, 4) is 10.4 Å². The van der Waals surface area contributed by atoms with E-state index in [4.69, 9.17) is 0 Å². The SMILES string of the molecule is O=C(Cc1cccc2ccccc12)NCC(O)c1ccc(-c2ccsc2)s1. The maximum atomic E-state index is 12.4. The quantitative estimate of drug-likeness (QED) is 0.483. The van der Waals surface area contributed by atoms with Gasteiger partial charge < -0.3 is 10.4 Å². The second-order valence-electron chi connectivity index (χ2n) is 6.35. The van der Waals surface area contributed by atoms with Crippen molar-refractivity contribution in [2.24, 2.45) is 0 Å². The molecule has 2 aromatic heterocycles. The van der Waals surface area contributed by atoms with Gasteiger partial charge in [0.1, 0.15) is 6.10 Å². The molecule has 0 saturated heterocycles. The largest absolute Gasteiger partial charge is 0.386 e. The molecule has 1 atom stereocenters. The Balaban J connectivity index is 1.37. The van der Waals surface area contributed by atoms with Crippen LogP contribution in [0.15, 0.2) is 71.4 Å². The van der Waals surface area contributed by atoms with E-state index in [0.29, 0.717) is 6.42 Å². The van der Waals surface area contributed by atoms with Crippen molar-refractivity contribution in [2.45, 2.75) is 12.5 Å². The first kappa shape index (κ1) is 17.9. The summed E-state index contributed by atoms with van der Waals surface area (Å²) in [6.45, 7) is 0.215. The third-order valence-electron chi connectivity index (χ3n) is 4.48. The topological polar surface area (TPSA) is 49.3 Å². The summed E-state index contributed by atoms with van der Waals surface area (Å²) in [7, 11) is 0. The van der Waals surface area contributed by atoms with Crippen molar-refractivity contribution in [2.75, 3.05) is 6.54 Å². The van der Waals surface area contributed by atoms with E-state index in [-0.39, 0.29) is 12.5 Å². The number of amides is 1. The second kappa shape index (κ2) is 8.05. The summed E-state index contributed by atoms with van der Waals surface area (Å²) in [4.78, 5) is 14.4. The summed E-state index contributed by atoms with van der Waals surface area (Å²) in [5, 5.41) is 19.6. The molecule has 4 rings (SSSR count). The van der Waals surface area contributed by atoms with Crippen LogP contribution in [0.25, 0.3) is 21.2 Å². The minimum atomic E-state index is -0.696. The van der Waals surface area contributed by atoms with Crippen LogP contribution in [0.5, 0.6) is 0 Å². The number of hydrogen-bond donors (Lipinski definition) is 2. The van der Waals surface area contributed by atoms with E-state index in [1.54, 1.807) is 22.7 Å². The summed E-state index contributed by atoms with van der Waals surface area (Å²) in [5.41, 5.74) is 2.17. The summed E-state index contributed by atoms with van der Waals surface area (Å²) in [6.07, 6.45) is -0.391. The van der Waals surface area contributed by atoms with Gasteiger partial charge in [-0.25, -0.2) is 0 Å². The molecule has 0 spiro atoms. The Morgan fingerprint density at radius 1 is 1.04 bits per heavy atom. The van der Waals surface area contributed by atoms with Gasteiger partial charge in [0.05, 0.1) is 6.42 Å². The minimum Gasteiger partial charge on any atom is -0.386 e. The van der Waals surface area contributed by atoms with Crippen molar-refractivity contribution in [1.82, 2.24) is 5.32 Å². The Morgan fingerprint density at radius 3 is 2.74 bits per heavy atom. The lowest BCUT2D eigenvalue weighted by molar-refractivity contribution is -0.120. The van der Waals surface area contributed by atoms with Crippen LogP contribution in [0.1, 0.15) is 16.5 Å². The average Bonchev–Trinajstić information content (AvgIpc) is 3.38. The summed E-state index contributed by atoms with van der Waals surface area (Å²) < 4.78 is 0. The van der Waals surface area contributed by atoms with Gasteiger partial charge in [0.15, 0.2) is 0 Å². The van der Waals surface area contributed by atoms with Gasteiger partial charge in [0.25, 0.3) is 0 Å². The van der Waals surface area contributed by atoms with Gasteiger partial charge in [0.2, 0.25) is 5.91 Å². The highest BCUT2D eigenvalue weighted by molar-refractivity contribution is 7.16. The molecule has 0 saturated carbocycles. The zero-order valence-corrected chi connectivity index (χ0v) is 16.2. The molecule has 136 valence electrons. The number of hydrogen-bond acceptors (Lipinski definition) is 4. The highest BCUT2D eigenvalue weighted by atomic mass is 32.1. The first-order valence-electron chi connectivity index (χ1n) is 8.74. The number of fused-ring (bicyclic) bond motifs is 1. The fourth-order valence-electron chi connectivity index (χ4n) is 3.08. The van der Waals surface area contributed by atoms with Crippen molar-refractivity contribution in [3.63, 3.8) is 0 Å². The van der Waals surface area contributed by atoms with E-state index < -0.39 is 6.10 Å². The van der Waals surface area contributed by atoms with Crippen LogP contribution >= 0.6 is 22.7 Å². The number of thiophene rings is 2. The lowest BCUT2D eigenvalue weighted by atomic mass is 10.0. The minimum absolute atomic E-state index is 0.0833. The molecule has 0 bridgehead atoms. The van der Waals surface area contributed by atoms with Crippen LogP contribution in [0.4, 0.5) is 0 Å². The molecule has 2 heterocycles. The highest BCUT2D eigenvalue weighted by Gasteiger charge is 2.14. The number of benzene rings is 2. The summed E-state index contributed by atoms with van der Waals surface area (Å²) in [6, 6.07) is 20.1. The third kappa shape index (κ3) is 4.11. The molecule has 4 aromatic rings. The van der Waals surface area contributed by atoms with Gasteiger partial charge in [-0.3, -0.25) is 4.79 Å². The van der Waals surface area contributed by atoms with Gasteiger partial charge in [0, 0.05) is 21.9 Å². The number of aliphatic hydroxyl groups excluding tert-OH is 1. The predicted octanol–water partition coefficient (Wildman–Crippen LogP) is 5.02. The fraction of sp³-hybridized carbons (Fsp3) is 0.136. The van der Waals surface area contributed by atoms with Crippen molar-refractivity contribution in [3.05, 3.63) is 81.9 Å². The Morgan fingerprint density at radius 2 is 1.89 bits per heavy atom. The zero-order valence-electron chi connectivity index (χ0n) is 14.6. The van der Waals surface area contributed by atoms with Crippen molar-refractivity contribution in [1.29, 1.82) is 0 Å². The van der Waals surface area contributed by atoms with Crippen LogP contribution in [-0.2, 0) is 11.2 Å². The fourth-order valence-corrected chi connectivity index (χ4v) is 4.81. The smallest absolute Gasteiger partial charge is 0.224 e. The maximum absolute atomic E-state index is 12.4. The molecular weight excluding hydrogens is 374 g/mol. The molecule has 1 unspecified atom stereocenters. The maximum Gasteiger partial charge on any atom is 0.224 e. The molecule has 2 aromatic carbocycles. The molecular formula is C22H19NO2S2. The lowest BCUT2D eigenvalue weighted by Crippen LogP contribution is -2.29. The third-order valence-corrected chi connectivity index (χ3v) is 6.40. The first-order chi connectivity index (χ1) is 13.2. The van der Waals surface area contributed by atoms with Gasteiger partial charge in [-0.05, 0) is 45.3 Å².